The van der Waals surface area contributed by atoms with Gasteiger partial charge in [0.15, 0.2) is 5.78 Å². The number of amides is 1. The highest BCUT2D eigenvalue weighted by molar-refractivity contribution is 6.08. The molecule has 4 nitrogen and oxygen atoms in total. The summed E-state index contributed by atoms with van der Waals surface area (Å²) in [5.41, 5.74) is 1.39. The number of aromatic nitrogens is 1. The molecule has 0 aliphatic heterocycles. The Hall–Kier alpha value is -2.10. The quantitative estimate of drug-likeness (QED) is 0.622. The lowest BCUT2D eigenvalue weighted by atomic mass is 10.2. The molecule has 2 aromatic rings. The molecule has 88 valence electrons. The van der Waals surface area contributed by atoms with Crippen LogP contribution < -0.4 is 5.32 Å². The summed E-state index contributed by atoms with van der Waals surface area (Å²) in [5.74, 6) is -0.427. The number of ketones is 1. The van der Waals surface area contributed by atoms with Crippen LogP contribution in [0.1, 0.15) is 23.8 Å². The van der Waals surface area contributed by atoms with Gasteiger partial charge >= 0.3 is 0 Å². The molecule has 0 bridgehead atoms. The lowest BCUT2D eigenvalue weighted by Crippen LogP contribution is -2.25. The van der Waals surface area contributed by atoms with E-state index in [1.54, 1.807) is 6.07 Å². The second-order valence-electron chi connectivity index (χ2n) is 3.82. The van der Waals surface area contributed by atoms with Gasteiger partial charge in [0, 0.05) is 17.4 Å². The van der Waals surface area contributed by atoms with E-state index in [4.69, 9.17) is 0 Å². The third-order valence-electron chi connectivity index (χ3n) is 2.53. The summed E-state index contributed by atoms with van der Waals surface area (Å²) in [7, 11) is 0. The molecule has 4 heteroatoms. The van der Waals surface area contributed by atoms with E-state index in [2.05, 4.69) is 10.3 Å². The fraction of sp³-hybridized carbons (Fsp3) is 0.231. The molecule has 0 saturated carbocycles. The first-order chi connectivity index (χ1) is 8.20. The molecule has 2 N–H and O–H groups in total. The molecule has 0 fully saturated rings. The van der Waals surface area contributed by atoms with Crippen LogP contribution in [0.3, 0.4) is 0 Å². The average molecular weight is 230 g/mol. The number of hydrogen-bond donors (Lipinski definition) is 2. The van der Waals surface area contributed by atoms with Crippen molar-refractivity contribution in [2.45, 2.75) is 13.3 Å². The van der Waals surface area contributed by atoms with Gasteiger partial charge in [-0.05, 0) is 19.1 Å². The van der Waals surface area contributed by atoms with Crippen LogP contribution in [0.5, 0.6) is 0 Å². The summed E-state index contributed by atoms with van der Waals surface area (Å²) in [6.45, 7) is 2.37. The number of hydrogen-bond acceptors (Lipinski definition) is 2. The van der Waals surface area contributed by atoms with E-state index >= 15 is 0 Å². The van der Waals surface area contributed by atoms with Gasteiger partial charge in [0.05, 0.1) is 12.1 Å². The van der Waals surface area contributed by atoms with Crippen molar-refractivity contribution in [3.05, 3.63) is 36.0 Å². The molecule has 0 radical (unpaired) electrons. The van der Waals surface area contributed by atoms with E-state index in [1.165, 1.54) is 0 Å². The Labute approximate surface area is 99.0 Å². The fourth-order valence-corrected chi connectivity index (χ4v) is 1.72. The normalized spacial score (nSPS) is 10.4. The minimum atomic E-state index is -0.240. The third-order valence-corrected chi connectivity index (χ3v) is 2.53. The second kappa shape index (κ2) is 4.82. The van der Waals surface area contributed by atoms with Crippen LogP contribution >= 0.6 is 0 Å². The zero-order valence-corrected chi connectivity index (χ0v) is 9.62. The van der Waals surface area contributed by atoms with Crippen molar-refractivity contribution in [3.8, 4) is 0 Å². The number of para-hydroxylation sites is 1. The molecule has 1 aromatic heterocycles. The molecular weight excluding hydrogens is 216 g/mol. The summed E-state index contributed by atoms with van der Waals surface area (Å²) in [6, 6.07) is 9.41. The van der Waals surface area contributed by atoms with Crippen molar-refractivity contribution in [1.82, 2.24) is 10.3 Å². The summed E-state index contributed by atoms with van der Waals surface area (Å²) in [4.78, 5) is 26.1. The Morgan fingerprint density at radius 3 is 2.76 bits per heavy atom. The monoisotopic (exact) mass is 230 g/mol. The maximum Gasteiger partial charge on any atom is 0.227 e. The van der Waals surface area contributed by atoms with E-state index in [1.807, 2.05) is 31.2 Å². The van der Waals surface area contributed by atoms with Crippen LogP contribution in [0.25, 0.3) is 10.9 Å². The van der Waals surface area contributed by atoms with Gasteiger partial charge in [-0.2, -0.15) is 0 Å². The number of nitrogens with one attached hydrogen (secondary N) is 2. The molecule has 2 rings (SSSR count). The van der Waals surface area contributed by atoms with Gasteiger partial charge in [-0.25, -0.2) is 0 Å². The van der Waals surface area contributed by atoms with E-state index in [0.29, 0.717) is 12.2 Å². The Morgan fingerprint density at radius 2 is 2.06 bits per heavy atom. The van der Waals surface area contributed by atoms with Gasteiger partial charge in [0.25, 0.3) is 0 Å². The number of carbonyl (C=O) groups excluding carboxylic acids is 2. The van der Waals surface area contributed by atoms with E-state index in [0.717, 1.165) is 10.9 Å². The van der Waals surface area contributed by atoms with Gasteiger partial charge in [-0.3, -0.25) is 9.59 Å². The van der Waals surface area contributed by atoms with Crippen LogP contribution in [0, 0.1) is 0 Å². The summed E-state index contributed by atoms with van der Waals surface area (Å²) < 4.78 is 0. The lowest BCUT2D eigenvalue weighted by molar-refractivity contribution is -0.120. The molecule has 0 aliphatic carbocycles. The minimum Gasteiger partial charge on any atom is -0.356 e. The SMILES string of the molecule is CCNC(=O)CC(=O)c1cc2ccccc2[nH]1. The summed E-state index contributed by atoms with van der Waals surface area (Å²) in [6.07, 6.45) is -0.110. The molecule has 17 heavy (non-hydrogen) atoms. The van der Waals surface area contributed by atoms with Crippen molar-refractivity contribution >= 4 is 22.6 Å². The molecule has 0 saturated heterocycles. The number of Topliss-reactive ketones (excluding diaryl/α,β-unsaturated/α-hetero) is 1. The van der Waals surface area contributed by atoms with Gasteiger partial charge in [0.1, 0.15) is 0 Å². The highest BCUT2D eigenvalue weighted by Crippen LogP contribution is 2.15. The zero-order chi connectivity index (χ0) is 12.3. The van der Waals surface area contributed by atoms with Crippen LogP contribution in [-0.4, -0.2) is 23.2 Å². The highest BCUT2D eigenvalue weighted by atomic mass is 16.2. The maximum atomic E-state index is 11.8. The Bertz CT molecular complexity index is 524. The first kappa shape index (κ1) is 11.4. The van der Waals surface area contributed by atoms with Crippen molar-refractivity contribution in [1.29, 1.82) is 0 Å². The van der Waals surface area contributed by atoms with Crippen molar-refractivity contribution in [2.75, 3.05) is 6.54 Å². The van der Waals surface area contributed by atoms with Gasteiger partial charge in [-0.15, -0.1) is 0 Å². The zero-order valence-electron chi connectivity index (χ0n) is 9.62. The predicted octanol–water partition coefficient (Wildman–Crippen LogP) is 1.88. The Balaban J connectivity index is 2.16. The first-order valence-corrected chi connectivity index (χ1v) is 5.58. The molecule has 0 aliphatic rings. The smallest absolute Gasteiger partial charge is 0.227 e. The van der Waals surface area contributed by atoms with Crippen molar-refractivity contribution < 1.29 is 9.59 Å². The van der Waals surface area contributed by atoms with Crippen molar-refractivity contribution in [2.24, 2.45) is 0 Å². The van der Waals surface area contributed by atoms with Crippen LogP contribution in [0.4, 0.5) is 0 Å². The molecule has 1 amide bonds. The van der Waals surface area contributed by atoms with Crippen LogP contribution in [0.2, 0.25) is 0 Å². The van der Waals surface area contributed by atoms with Crippen LogP contribution in [-0.2, 0) is 4.79 Å². The lowest BCUT2D eigenvalue weighted by Gasteiger charge is -1.99. The number of benzene rings is 1. The molecule has 0 unspecified atom stereocenters. The topological polar surface area (TPSA) is 62.0 Å². The average Bonchev–Trinajstić information content (AvgIpc) is 2.72. The van der Waals surface area contributed by atoms with E-state index < -0.39 is 0 Å². The Kier molecular flexibility index (Phi) is 3.23. The minimum absolute atomic E-state index is 0.110. The fourth-order valence-electron chi connectivity index (χ4n) is 1.72. The molecule has 0 atom stereocenters. The molecular formula is C13H14N2O2. The second-order valence-corrected chi connectivity index (χ2v) is 3.82. The first-order valence-electron chi connectivity index (χ1n) is 5.58. The maximum absolute atomic E-state index is 11.8. The number of fused-ring (bicyclic) bond motifs is 1. The summed E-state index contributed by atoms with van der Waals surface area (Å²) in [5, 5.41) is 3.58. The van der Waals surface area contributed by atoms with Gasteiger partial charge in [0.2, 0.25) is 5.91 Å². The molecule has 0 spiro atoms. The highest BCUT2D eigenvalue weighted by Gasteiger charge is 2.13. The molecule has 1 aromatic carbocycles. The van der Waals surface area contributed by atoms with Crippen molar-refractivity contribution in [3.63, 3.8) is 0 Å². The standard InChI is InChI=1S/C13H14N2O2/c1-2-14-13(17)8-12(16)11-7-9-5-3-4-6-10(9)15-11/h3-7,15H,2,8H2,1H3,(H,14,17). The third kappa shape index (κ3) is 2.53. The number of H-pyrrole nitrogens is 1. The van der Waals surface area contributed by atoms with Gasteiger partial charge in [-0.1, -0.05) is 18.2 Å². The summed E-state index contributed by atoms with van der Waals surface area (Å²) >= 11 is 0. The number of aromatic amines is 1. The van der Waals surface area contributed by atoms with Gasteiger partial charge < -0.3 is 10.3 Å². The molecule has 1 heterocycles. The van der Waals surface area contributed by atoms with E-state index in [9.17, 15) is 9.59 Å². The van der Waals surface area contributed by atoms with E-state index in [-0.39, 0.29) is 18.1 Å². The predicted molar refractivity (Wildman–Crippen MR) is 65.9 cm³/mol. The van der Waals surface area contributed by atoms with Crippen LogP contribution in [0.15, 0.2) is 30.3 Å². The largest absolute Gasteiger partial charge is 0.356 e. The number of rotatable bonds is 4. The number of carbonyl (C=O) groups is 2. The Morgan fingerprint density at radius 1 is 1.29 bits per heavy atom.